The van der Waals surface area contributed by atoms with Gasteiger partial charge in [0, 0.05) is 0 Å². The van der Waals surface area contributed by atoms with Gasteiger partial charge in [0.1, 0.15) is 0 Å². The van der Waals surface area contributed by atoms with Crippen molar-refractivity contribution in [2.24, 2.45) is 11.8 Å². The smallest absolute Gasteiger partial charge is 0.274 e. The van der Waals surface area contributed by atoms with E-state index in [2.05, 4.69) is 0 Å². The number of hydrogen-bond donors (Lipinski definition) is 0. The van der Waals surface area contributed by atoms with E-state index in [0.717, 1.165) is 29.9 Å². The second kappa shape index (κ2) is 5.26. The molecule has 0 unspecified atom stereocenters. The first kappa shape index (κ1) is 15.3. The fraction of sp³-hybridized carbons (Fsp3) is 0.467. The lowest BCUT2D eigenvalue weighted by Gasteiger charge is -2.19. The van der Waals surface area contributed by atoms with Crippen molar-refractivity contribution in [1.82, 2.24) is 0 Å². The summed E-state index contributed by atoms with van der Waals surface area (Å²) in [4.78, 5) is 25.7. The highest BCUT2D eigenvalue weighted by Crippen LogP contribution is 2.42. The molecule has 1 aliphatic heterocycles. The minimum Gasteiger partial charge on any atom is -0.274 e. The van der Waals surface area contributed by atoms with Gasteiger partial charge in [0.05, 0.1) is 28.1 Å². The summed E-state index contributed by atoms with van der Waals surface area (Å²) in [7, 11) is 0. The van der Waals surface area contributed by atoms with Crippen molar-refractivity contribution < 1.29 is 22.8 Å². The number of fused-ring (bicyclic) bond motifs is 1. The summed E-state index contributed by atoms with van der Waals surface area (Å²) in [5, 5.41) is -0.451. The van der Waals surface area contributed by atoms with Crippen LogP contribution in [-0.4, -0.2) is 11.8 Å². The molecule has 1 heterocycles. The summed E-state index contributed by atoms with van der Waals surface area (Å²) < 4.78 is 38.8. The van der Waals surface area contributed by atoms with Crippen LogP contribution in [0.3, 0.4) is 0 Å². The van der Waals surface area contributed by atoms with E-state index in [-0.39, 0.29) is 5.69 Å². The zero-order valence-corrected chi connectivity index (χ0v) is 12.2. The number of rotatable bonds is 1. The number of imide groups is 1. The lowest BCUT2D eigenvalue weighted by Crippen LogP contribution is -2.31. The van der Waals surface area contributed by atoms with E-state index in [1.807, 2.05) is 0 Å². The second-order valence-corrected chi connectivity index (χ2v) is 6.08. The Morgan fingerprint density at radius 1 is 1.05 bits per heavy atom. The first-order valence-electron chi connectivity index (χ1n) is 7.05. The van der Waals surface area contributed by atoms with Gasteiger partial charge in [0.2, 0.25) is 11.8 Å². The Balaban J connectivity index is 2.01. The Morgan fingerprint density at radius 3 is 2.09 bits per heavy atom. The van der Waals surface area contributed by atoms with Gasteiger partial charge in [0.15, 0.2) is 0 Å². The number of benzene rings is 1. The van der Waals surface area contributed by atoms with Crippen LogP contribution in [-0.2, 0) is 15.8 Å². The van der Waals surface area contributed by atoms with Gasteiger partial charge in [0.25, 0.3) is 0 Å². The maximum absolute atomic E-state index is 12.9. The molecule has 22 heavy (non-hydrogen) atoms. The number of anilines is 1. The molecule has 1 aliphatic carbocycles. The van der Waals surface area contributed by atoms with E-state index in [9.17, 15) is 22.8 Å². The Morgan fingerprint density at radius 2 is 1.59 bits per heavy atom. The van der Waals surface area contributed by atoms with Crippen LogP contribution in [0.4, 0.5) is 18.9 Å². The molecule has 0 N–H and O–H groups in total. The van der Waals surface area contributed by atoms with E-state index < -0.39 is 40.4 Å². The Hall–Kier alpha value is -1.56. The lowest BCUT2D eigenvalue weighted by molar-refractivity contribution is -0.137. The van der Waals surface area contributed by atoms with E-state index >= 15 is 0 Å². The quantitative estimate of drug-likeness (QED) is 0.728. The molecule has 1 saturated heterocycles. The van der Waals surface area contributed by atoms with E-state index in [4.69, 9.17) is 11.6 Å². The van der Waals surface area contributed by atoms with Crippen molar-refractivity contribution in [2.45, 2.75) is 31.9 Å². The monoisotopic (exact) mass is 331 g/mol. The predicted molar refractivity (Wildman–Crippen MR) is 74.4 cm³/mol. The number of carbonyl (C=O) groups is 2. The van der Waals surface area contributed by atoms with Crippen LogP contribution >= 0.6 is 11.6 Å². The number of halogens is 4. The van der Waals surface area contributed by atoms with Crippen LogP contribution < -0.4 is 4.90 Å². The zero-order chi connectivity index (χ0) is 16.1. The molecule has 2 aliphatic rings. The third kappa shape index (κ3) is 2.39. The van der Waals surface area contributed by atoms with Gasteiger partial charge < -0.3 is 0 Å². The molecule has 2 amide bonds. The summed E-state index contributed by atoms with van der Waals surface area (Å²) in [6.45, 7) is 0. The Kier molecular flexibility index (Phi) is 3.67. The molecular weight excluding hydrogens is 319 g/mol. The average Bonchev–Trinajstić information content (AvgIpc) is 2.71. The third-order valence-corrected chi connectivity index (χ3v) is 4.68. The summed E-state index contributed by atoms with van der Waals surface area (Å²) in [5.74, 6) is -1.59. The van der Waals surface area contributed by atoms with Crippen molar-refractivity contribution in [1.29, 1.82) is 0 Å². The highest BCUT2D eigenvalue weighted by atomic mass is 35.5. The van der Waals surface area contributed by atoms with Gasteiger partial charge in [-0.2, -0.15) is 13.2 Å². The molecule has 1 saturated carbocycles. The average molecular weight is 332 g/mol. The largest absolute Gasteiger partial charge is 0.417 e. The normalized spacial score (nSPS) is 25.5. The first-order chi connectivity index (χ1) is 10.3. The highest BCUT2D eigenvalue weighted by Gasteiger charge is 2.49. The number of hydrogen-bond acceptors (Lipinski definition) is 2. The summed E-state index contributed by atoms with van der Waals surface area (Å²) >= 11 is 5.57. The van der Waals surface area contributed by atoms with Gasteiger partial charge in [-0.25, -0.2) is 0 Å². The van der Waals surface area contributed by atoms with E-state index in [1.165, 1.54) is 6.07 Å². The topological polar surface area (TPSA) is 37.4 Å². The minimum atomic E-state index is -4.63. The highest BCUT2D eigenvalue weighted by molar-refractivity contribution is 6.31. The van der Waals surface area contributed by atoms with Crippen LogP contribution in [0.15, 0.2) is 18.2 Å². The maximum atomic E-state index is 12.9. The summed E-state index contributed by atoms with van der Waals surface area (Å²) in [6, 6.07) is 3.13. The molecule has 1 aromatic rings. The molecule has 118 valence electrons. The number of alkyl halides is 3. The molecule has 0 radical (unpaired) electrons. The van der Waals surface area contributed by atoms with Gasteiger partial charge in [-0.15, -0.1) is 0 Å². The molecule has 3 nitrogen and oxygen atoms in total. The van der Waals surface area contributed by atoms with Gasteiger partial charge in [-0.3, -0.25) is 14.5 Å². The first-order valence-corrected chi connectivity index (χ1v) is 7.43. The lowest BCUT2D eigenvalue weighted by atomic mass is 9.81. The zero-order valence-electron chi connectivity index (χ0n) is 11.5. The summed E-state index contributed by atoms with van der Waals surface area (Å²) in [6.07, 6.45) is -1.67. The fourth-order valence-corrected chi connectivity index (χ4v) is 3.51. The van der Waals surface area contributed by atoms with Gasteiger partial charge >= 0.3 is 6.18 Å². The third-order valence-electron chi connectivity index (χ3n) is 4.35. The SMILES string of the molecule is O=C1[C@H]2CCCC[C@H]2C(=O)N1c1ccc(Cl)c(C(F)(F)F)c1. The number of amides is 2. The minimum absolute atomic E-state index is 0.0545. The van der Waals surface area contributed by atoms with Gasteiger partial charge in [-0.05, 0) is 31.0 Å². The number of nitrogens with zero attached hydrogens (tertiary/aromatic N) is 1. The van der Waals surface area contributed by atoms with Crippen molar-refractivity contribution in [3.63, 3.8) is 0 Å². The molecule has 7 heteroatoms. The van der Waals surface area contributed by atoms with E-state index in [0.29, 0.717) is 12.8 Å². The number of carbonyl (C=O) groups excluding carboxylic acids is 2. The molecule has 2 fully saturated rings. The molecule has 2 atom stereocenters. The van der Waals surface area contributed by atoms with Crippen LogP contribution in [0.2, 0.25) is 5.02 Å². The van der Waals surface area contributed by atoms with Crippen LogP contribution in [0.1, 0.15) is 31.2 Å². The van der Waals surface area contributed by atoms with Crippen LogP contribution in [0, 0.1) is 11.8 Å². The molecule has 0 aromatic heterocycles. The van der Waals surface area contributed by atoms with Crippen molar-refractivity contribution in [2.75, 3.05) is 4.90 Å². The summed E-state index contributed by atoms with van der Waals surface area (Å²) in [5.41, 5.74) is -1.09. The van der Waals surface area contributed by atoms with Crippen LogP contribution in [0.5, 0.6) is 0 Å². The molecular formula is C15H13ClF3NO2. The molecule has 0 spiro atoms. The second-order valence-electron chi connectivity index (χ2n) is 5.67. The van der Waals surface area contributed by atoms with E-state index in [1.54, 1.807) is 0 Å². The van der Waals surface area contributed by atoms with Gasteiger partial charge in [-0.1, -0.05) is 24.4 Å². The predicted octanol–water partition coefficient (Wildman–Crippen LogP) is 4.04. The van der Waals surface area contributed by atoms with Crippen molar-refractivity contribution in [3.05, 3.63) is 28.8 Å². The van der Waals surface area contributed by atoms with Crippen molar-refractivity contribution >= 4 is 29.1 Å². The Labute approximate surface area is 130 Å². The molecule has 1 aromatic carbocycles. The Bertz CT molecular complexity index is 620. The molecule has 0 bridgehead atoms. The van der Waals surface area contributed by atoms with Crippen molar-refractivity contribution in [3.8, 4) is 0 Å². The fourth-order valence-electron chi connectivity index (χ4n) is 3.29. The maximum Gasteiger partial charge on any atom is 0.417 e. The van der Waals surface area contributed by atoms with Crippen LogP contribution in [0.25, 0.3) is 0 Å². The molecule has 3 rings (SSSR count). The standard InChI is InChI=1S/C15H13ClF3NO2/c16-12-6-5-8(7-11(12)15(17,18)19)20-13(21)9-3-1-2-4-10(9)14(20)22/h5-7,9-10H,1-4H2/t9-,10+.